The monoisotopic (exact) mass is 378 g/mol. The lowest BCUT2D eigenvalue weighted by atomic mass is 10.1. The van der Waals surface area contributed by atoms with Crippen LogP contribution in [0.5, 0.6) is 0 Å². The number of methoxy groups -OCH3 is 1. The second-order valence-corrected chi connectivity index (χ2v) is 6.48. The highest BCUT2D eigenvalue weighted by atomic mass is 19.1. The summed E-state index contributed by atoms with van der Waals surface area (Å²) in [6.07, 6.45) is 1.75. The predicted molar refractivity (Wildman–Crippen MR) is 107 cm³/mol. The number of imidazole rings is 1. The third-order valence-electron chi connectivity index (χ3n) is 4.77. The van der Waals surface area contributed by atoms with Crippen LogP contribution in [0, 0.1) is 12.4 Å². The number of ether oxygens (including phenoxy) is 1. The fourth-order valence-corrected chi connectivity index (χ4v) is 3.52. The van der Waals surface area contributed by atoms with Gasteiger partial charge in [0.05, 0.1) is 25.0 Å². The first kappa shape index (κ1) is 17.9. The Morgan fingerprint density at radius 2 is 2.11 bits per heavy atom. The molecule has 0 unspecified atom stereocenters. The lowest BCUT2D eigenvalue weighted by Gasteiger charge is -2.11. The zero-order chi connectivity index (χ0) is 19.8. The molecule has 0 saturated carbocycles. The number of nitrogens with zero attached hydrogens (tertiary/aromatic N) is 5. The van der Waals surface area contributed by atoms with Crippen molar-refractivity contribution in [3.05, 3.63) is 47.8 Å². The van der Waals surface area contributed by atoms with Crippen molar-refractivity contribution in [2.24, 2.45) is 7.05 Å². The van der Waals surface area contributed by atoms with Gasteiger partial charge in [-0.2, -0.15) is 0 Å². The molecule has 0 atom stereocenters. The minimum atomic E-state index is -0.443. The number of benzene rings is 1. The molecule has 4 rings (SSSR count). The van der Waals surface area contributed by atoms with Gasteiger partial charge in [-0.1, -0.05) is 0 Å². The molecule has 0 aliphatic heterocycles. The molecule has 0 amide bonds. The fraction of sp³-hybridized carbons (Fsp3) is 0.250. The van der Waals surface area contributed by atoms with E-state index in [0.29, 0.717) is 24.5 Å². The number of fused-ring (bicyclic) bond motifs is 3. The molecular formula is C20H19FN6O. The van der Waals surface area contributed by atoms with Crippen molar-refractivity contribution in [3.8, 4) is 11.3 Å². The van der Waals surface area contributed by atoms with Crippen molar-refractivity contribution < 1.29 is 9.13 Å². The van der Waals surface area contributed by atoms with Crippen LogP contribution in [0.4, 0.5) is 15.9 Å². The first-order valence-electron chi connectivity index (χ1n) is 8.76. The van der Waals surface area contributed by atoms with Gasteiger partial charge in [-0.15, -0.1) is 0 Å². The highest BCUT2D eigenvalue weighted by Gasteiger charge is 2.19. The smallest absolute Gasteiger partial charge is 0.190 e. The molecule has 3 heterocycles. The molecule has 0 aliphatic rings. The Kier molecular flexibility index (Phi) is 4.45. The van der Waals surface area contributed by atoms with Gasteiger partial charge < -0.3 is 19.2 Å². The van der Waals surface area contributed by atoms with E-state index in [2.05, 4.69) is 15.1 Å². The molecular weight excluding hydrogens is 359 g/mol. The highest BCUT2D eigenvalue weighted by molar-refractivity contribution is 6.07. The van der Waals surface area contributed by atoms with E-state index in [-0.39, 0.29) is 5.69 Å². The van der Waals surface area contributed by atoms with Gasteiger partial charge in [0, 0.05) is 38.8 Å². The van der Waals surface area contributed by atoms with Gasteiger partial charge >= 0.3 is 0 Å². The first-order valence-corrected chi connectivity index (χ1v) is 8.76. The van der Waals surface area contributed by atoms with Crippen LogP contribution >= 0.6 is 0 Å². The summed E-state index contributed by atoms with van der Waals surface area (Å²) in [6.45, 7) is 8.25. The molecule has 28 heavy (non-hydrogen) atoms. The topological polar surface area (TPSA) is 61.3 Å². The zero-order valence-corrected chi connectivity index (χ0v) is 15.8. The Bertz CT molecular complexity index is 1230. The van der Waals surface area contributed by atoms with Crippen molar-refractivity contribution in [2.75, 3.05) is 26.1 Å². The third-order valence-corrected chi connectivity index (χ3v) is 4.77. The van der Waals surface area contributed by atoms with E-state index in [0.717, 1.165) is 27.8 Å². The maximum Gasteiger partial charge on any atom is 0.190 e. The van der Waals surface area contributed by atoms with Crippen molar-refractivity contribution in [1.29, 1.82) is 0 Å². The van der Waals surface area contributed by atoms with E-state index in [1.54, 1.807) is 26.6 Å². The lowest BCUT2D eigenvalue weighted by Crippen LogP contribution is -2.07. The van der Waals surface area contributed by atoms with Crippen molar-refractivity contribution >= 4 is 33.6 Å². The quantitative estimate of drug-likeness (QED) is 0.534. The minimum Gasteiger partial charge on any atom is -0.383 e. The Morgan fingerprint density at radius 3 is 2.82 bits per heavy atom. The molecule has 0 radical (unpaired) electrons. The summed E-state index contributed by atoms with van der Waals surface area (Å²) >= 11 is 0. The van der Waals surface area contributed by atoms with E-state index >= 15 is 0 Å². The number of nitrogens with one attached hydrogen (secondary N) is 1. The Labute approximate surface area is 161 Å². The average Bonchev–Trinajstić information content (AvgIpc) is 3.25. The summed E-state index contributed by atoms with van der Waals surface area (Å²) in [7, 11) is 5.37. The molecule has 0 spiro atoms. The molecule has 0 aliphatic carbocycles. The normalized spacial score (nSPS) is 11.2. The summed E-state index contributed by atoms with van der Waals surface area (Å²) in [5, 5.41) is 4.01. The number of rotatable bonds is 5. The van der Waals surface area contributed by atoms with Crippen LogP contribution in [0.25, 0.3) is 38.2 Å². The maximum atomic E-state index is 14.1. The molecule has 7 nitrogen and oxygen atoms in total. The minimum absolute atomic E-state index is 0.258. The molecule has 0 fully saturated rings. The predicted octanol–water partition coefficient (Wildman–Crippen LogP) is 3.97. The van der Waals surface area contributed by atoms with Crippen LogP contribution in [0.15, 0.2) is 30.6 Å². The number of hydrogen-bond donors (Lipinski definition) is 1. The number of halogens is 1. The molecule has 142 valence electrons. The van der Waals surface area contributed by atoms with E-state index < -0.39 is 5.82 Å². The van der Waals surface area contributed by atoms with Gasteiger partial charge in [0.2, 0.25) is 0 Å². The van der Waals surface area contributed by atoms with Crippen LogP contribution in [-0.4, -0.2) is 39.9 Å². The second-order valence-electron chi connectivity index (χ2n) is 6.48. The third kappa shape index (κ3) is 2.77. The van der Waals surface area contributed by atoms with Crippen LogP contribution < -0.4 is 5.32 Å². The molecule has 0 bridgehead atoms. The first-order chi connectivity index (χ1) is 13.6. The van der Waals surface area contributed by atoms with E-state index in [4.69, 9.17) is 16.3 Å². The number of anilines is 1. The highest BCUT2D eigenvalue weighted by Crippen LogP contribution is 2.35. The molecule has 1 N–H and O–H groups in total. The number of aryl methyl sites for hydroxylation is 1. The standard InChI is InChI=1S/C20H19FN6O/c1-22-14-8-12(7-13(21)9-14)16-10-15-18-17(24-11-26(18)3)19(23-2)25-20(15)27(16)5-6-28-4/h7-11H,5-6H2,2-4H3,(H,23,25). The molecule has 4 aromatic rings. The second kappa shape index (κ2) is 6.94. The maximum absolute atomic E-state index is 14.1. The summed E-state index contributed by atoms with van der Waals surface area (Å²) in [5.41, 5.74) is 4.12. The SMILES string of the molecule is [C-]#[N+]c1cc(F)cc(-c2cc3c4c(ncn4C)c(NC)nc3n2CCOC)c1. The Balaban J connectivity index is 2.09. The van der Waals surface area contributed by atoms with E-state index in [9.17, 15) is 4.39 Å². The van der Waals surface area contributed by atoms with Crippen molar-refractivity contribution in [1.82, 2.24) is 19.1 Å². The Morgan fingerprint density at radius 1 is 1.29 bits per heavy atom. The number of aromatic nitrogens is 4. The van der Waals surface area contributed by atoms with Crippen molar-refractivity contribution in [3.63, 3.8) is 0 Å². The van der Waals surface area contributed by atoms with Gasteiger partial charge in [-0.25, -0.2) is 19.2 Å². The largest absolute Gasteiger partial charge is 0.383 e. The summed E-state index contributed by atoms with van der Waals surface area (Å²) in [6, 6.07) is 6.33. The van der Waals surface area contributed by atoms with Crippen LogP contribution in [0.2, 0.25) is 0 Å². The van der Waals surface area contributed by atoms with Crippen LogP contribution in [-0.2, 0) is 18.3 Å². The van der Waals surface area contributed by atoms with Crippen molar-refractivity contribution in [2.45, 2.75) is 6.54 Å². The summed E-state index contributed by atoms with van der Waals surface area (Å²) in [4.78, 5) is 12.6. The number of pyridine rings is 1. The average molecular weight is 378 g/mol. The molecule has 1 aromatic carbocycles. The Hall–Kier alpha value is -3.44. The molecule has 3 aromatic heterocycles. The summed E-state index contributed by atoms with van der Waals surface area (Å²) < 4.78 is 23.3. The van der Waals surface area contributed by atoms with Gasteiger partial charge in [0.25, 0.3) is 0 Å². The fourth-order valence-electron chi connectivity index (χ4n) is 3.52. The van der Waals surface area contributed by atoms with Gasteiger partial charge in [0.15, 0.2) is 11.5 Å². The van der Waals surface area contributed by atoms with Gasteiger partial charge in [0.1, 0.15) is 17.0 Å². The van der Waals surface area contributed by atoms with Gasteiger partial charge in [-0.3, -0.25) is 0 Å². The summed E-state index contributed by atoms with van der Waals surface area (Å²) in [5.74, 6) is 0.231. The van der Waals surface area contributed by atoms with E-state index in [1.165, 1.54) is 12.1 Å². The molecule has 8 heteroatoms. The van der Waals surface area contributed by atoms with E-state index in [1.807, 2.05) is 22.2 Å². The lowest BCUT2D eigenvalue weighted by molar-refractivity contribution is 0.188. The molecule has 0 saturated heterocycles. The van der Waals surface area contributed by atoms with Gasteiger partial charge in [-0.05, 0) is 29.8 Å². The van der Waals surface area contributed by atoms with Crippen LogP contribution in [0.1, 0.15) is 0 Å². The van der Waals surface area contributed by atoms with Crippen LogP contribution in [0.3, 0.4) is 0 Å². The number of hydrogen-bond acceptors (Lipinski definition) is 4. The zero-order valence-electron chi connectivity index (χ0n) is 15.8.